The predicted octanol–water partition coefficient (Wildman–Crippen LogP) is 3.09. The van der Waals surface area contributed by atoms with Crippen molar-refractivity contribution >= 4 is 6.03 Å². The van der Waals surface area contributed by atoms with Crippen LogP contribution < -0.4 is 5.32 Å². The highest BCUT2D eigenvalue weighted by molar-refractivity contribution is 5.76. The number of rotatable bonds is 4. The molecule has 0 aromatic heterocycles. The molecule has 0 radical (unpaired) electrons. The minimum Gasteiger partial charge on any atom is -0.381 e. The first-order chi connectivity index (χ1) is 13.2. The van der Waals surface area contributed by atoms with Gasteiger partial charge in [-0.15, -0.1) is 0 Å². The molecule has 2 amide bonds. The highest BCUT2D eigenvalue weighted by Gasteiger charge is 2.61. The number of hydrogen-bond acceptors (Lipinski definition) is 3. The first kappa shape index (κ1) is 17.5. The van der Waals surface area contributed by atoms with Gasteiger partial charge >= 0.3 is 6.03 Å². The number of carbonyl (C=O) groups is 1. The standard InChI is InChI=1S/C22H30N2O3/c25-20(24-16-22(9-4-12-27-22)19(24)17-7-8-17)23-15-21(10-13-26-14-11-21)18-5-2-1-3-6-18/h1-3,5-6,17,19H,4,7-16H2,(H,23,25). The van der Waals surface area contributed by atoms with Crippen LogP contribution in [0.25, 0.3) is 0 Å². The number of nitrogens with zero attached hydrogens (tertiary/aromatic N) is 1. The number of ether oxygens (including phenoxy) is 2. The maximum Gasteiger partial charge on any atom is 0.317 e. The monoisotopic (exact) mass is 370 g/mol. The molecule has 3 heterocycles. The Balaban J connectivity index is 1.28. The molecule has 5 heteroatoms. The Hall–Kier alpha value is -1.59. The van der Waals surface area contributed by atoms with Crippen molar-refractivity contribution in [2.45, 2.75) is 55.6 Å². The second kappa shape index (κ2) is 6.78. The fourth-order valence-corrected chi connectivity index (χ4v) is 5.49. The predicted molar refractivity (Wildman–Crippen MR) is 103 cm³/mol. The second-order valence-electron chi connectivity index (χ2n) is 8.84. The van der Waals surface area contributed by atoms with Crippen LogP contribution in [-0.4, -0.2) is 55.5 Å². The van der Waals surface area contributed by atoms with Gasteiger partial charge in [0.25, 0.3) is 0 Å². The van der Waals surface area contributed by atoms with Gasteiger partial charge in [0.05, 0.1) is 12.6 Å². The van der Waals surface area contributed by atoms with E-state index in [0.29, 0.717) is 18.5 Å². The Morgan fingerprint density at radius 3 is 2.56 bits per heavy atom. The van der Waals surface area contributed by atoms with Gasteiger partial charge in [0.1, 0.15) is 5.60 Å². The average Bonchev–Trinajstić information content (AvgIpc) is 3.38. The number of carbonyl (C=O) groups excluding carboxylic acids is 1. The molecule has 4 fully saturated rings. The topological polar surface area (TPSA) is 50.8 Å². The van der Waals surface area contributed by atoms with E-state index < -0.39 is 0 Å². The Morgan fingerprint density at radius 1 is 1.11 bits per heavy atom. The van der Waals surface area contributed by atoms with Crippen molar-refractivity contribution in [2.24, 2.45) is 5.92 Å². The molecule has 4 aliphatic rings. The maximum atomic E-state index is 13.1. The smallest absolute Gasteiger partial charge is 0.317 e. The molecule has 1 aromatic rings. The summed E-state index contributed by atoms with van der Waals surface area (Å²) < 4.78 is 11.7. The lowest BCUT2D eigenvalue weighted by Crippen LogP contribution is -2.73. The molecular weight excluding hydrogens is 340 g/mol. The number of urea groups is 1. The molecule has 27 heavy (non-hydrogen) atoms. The van der Waals surface area contributed by atoms with E-state index in [9.17, 15) is 4.79 Å². The van der Waals surface area contributed by atoms with Gasteiger partial charge in [0.15, 0.2) is 0 Å². The van der Waals surface area contributed by atoms with Crippen LogP contribution in [0.5, 0.6) is 0 Å². The second-order valence-corrected chi connectivity index (χ2v) is 8.84. The lowest BCUT2D eigenvalue weighted by atomic mass is 9.74. The van der Waals surface area contributed by atoms with Gasteiger partial charge in [-0.05, 0) is 50.0 Å². The minimum absolute atomic E-state index is 0.0172. The molecule has 5 nitrogen and oxygen atoms in total. The van der Waals surface area contributed by atoms with Crippen molar-refractivity contribution in [3.63, 3.8) is 0 Å². The Bertz CT molecular complexity index is 676. The van der Waals surface area contributed by atoms with E-state index in [1.807, 2.05) is 0 Å². The fraction of sp³-hybridized carbons (Fsp3) is 0.682. The molecule has 3 aliphatic heterocycles. The largest absolute Gasteiger partial charge is 0.381 e. The lowest BCUT2D eigenvalue weighted by molar-refractivity contribution is -0.147. The molecule has 1 aliphatic carbocycles. The number of hydrogen-bond donors (Lipinski definition) is 1. The summed E-state index contributed by atoms with van der Waals surface area (Å²) in [4.78, 5) is 15.1. The summed E-state index contributed by atoms with van der Waals surface area (Å²) in [5, 5.41) is 3.29. The lowest BCUT2D eigenvalue weighted by Gasteiger charge is -2.55. The Kier molecular flexibility index (Phi) is 4.40. The highest BCUT2D eigenvalue weighted by Crippen LogP contribution is 2.51. The van der Waals surface area contributed by atoms with Crippen LogP contribution in [0.3, 0.4) is 0 Å². The van der Waals surface area contributed by atoms with E-state index in [0.717, 1.165) is 52.0 Å². The Morgan fingerprint density at radius 2 is 1.89 bits per heavy atom. The summed E-state index contributed by atoms with van der Waals surface area (Å²) in [6.45, 7) is 3.82. The minimum atomic E-state index is -0.0334. The molecule has 3 saturated heterocycles. The first-order valence-corrected chi connectivity index (χ1v) is 10.5. The molecule has 2 unspecified atom stereocenters. The third-order valence-corrected chi connectivity index (χ3v) is 7.19. The van der Waals surface area contributed by atoms with Crippen molar-refractivity contribution in [1.82, 2.24) is 10.2 Å². The van der Waals surface area contributed by atoms with Crippen LogP contribution >= 0.6 is 0 Å². The van der Waals surface area contributed by atoms with Crippen molar-refractivity contribution in [1.29, 1.82) is 0 Å². The number of nitrogens with one attached hydrogen (secondary N) is 1. The SMILES string of the molecule is O=C(NCC1(c2ccccc2)CCOCC1)N1CC2(CCCO2)C1C1CC1. The summed E-state index contributed by atoms with van der Waals surface area (Å²) in [5.41, 5.74) is 1.26. The number of likely N-dealkylation sites (tertiary alicyclic amines) is 1. The van der Waals surface area contributed by atoms with Crippen molar-refractivity contribution in [2.75, 3.05) is 32.9 Å². The maximum absolute atomic E-state index is 13.1. The van der Waals surface area contributed by atoms with Crippen LogP contribution in [0, 0.1) is 5.92 Å². The van der Waals surface area contributed by atoms with Gasteiger partial charge in [-0.25, -0.2) is 4.79 Å². The average molecular weight is 370 g/mol. The fourth-order valence-electron chi connectivity index (χ4n) is 5.49. The van der Waals surface area contributed by atoms with E-state index in [1.165, 1.54) is 18.4 Å². The third kappa shape index (κ3) is 3.05. The number of benzene rings is 1. The first-order valence-electron chi connectivity index (χ1n) is 10.5. The summed E-state index contributed by atoms with van der Waals surface area (Å²) in [5.74, 6) is 0.647. The molecule has 1 saturated carbocycles. The van der Waals surface area contributed by atoms with Gasteiger partial charge < -0.3 is 19.7 Å². The van der Waals surface area contributed by atoms with Crippen LogP contribution in [-0.2, 0) is 14.9 Å². The zero-order valence-corrected chi connectivity index (χ0v) is 16.0. The van der Waals surface area contributed by atoms with Crippen molar-refractivity contribution in [3.8, 4) is 0 Å². The molecule has 146 valence electrons. The van der Waals surface area contributed by atoms with Gasteiger partial charge in [0.2, 0.25) is 0 Å². The zero-order chi connectivity index (χ0) is 18.3. The molecule has 1 N–H and O–H groups in total. The summed E-state index contributed by atoms with van der Waals surface area (Å²) >= 11 is 0. The molecule has 2 atom stereocenters. The van der Waals surface area contributed by atoms with Gasteiger partial charge in [0, 0.05) is 31.8 Å². The molecule has 1 aromatic carbocycles. The molecule has 1 spiro atoms. The van der Waals surface area contributed by atoms with Crippen molar-refractivity contribution < 1.29 is 14.3 Å². The highest BCUT2D eigenvalue weighted by atomic mass is 16.5. The summed E-state index contributed by atoms with van der Waals surface area (Å²) in [6.07, 6.45) is 6.64. The Labute approximate surface area is 161 Å². The van der Waals surface area contributed by atoms with E-state index in [1.54, 1.807) is 0 Å². The molecule has 0 bridgehead atoms. The van der Waals surface area contributed by atoms with Gasteiger partial charge in [-0.3, -0.25) is 0 Å². The van der Waals surface area contributed by atoms with E-state index in [4.69, 9.17) is 9.47 Å². The molecular formula is C22H30N2O3. The third-order valence-electron chi connectivity index (χ3n) is 7.19. The summed E-state index contributed by atoms with van der Waals surface area (Å²) in [6, 6.07) is 11.0. The van der Waals surface area contributed by atoms with Crippen LogP contribution in [0.1, 0.15) is 44.1 Å². The molecule has 5 rings (SSSR count). The van der Waals surface area contributed by atoms with Crippen molar-refractivity contribution in [3.05, 3.63) is 35.9 Å². The van der Waals surface area contributed by atoms with E-state index >= 15 is 0 Å². The number of amides is 2. The van der Waals surface area contributed by atoms with Gasteiger partial charge in [-0.1, -0.05) is 30.3 Å². The van der Waals surface area contributed by atoms with Crippen LogP contribution in [0.4, 0.5) is 4.79 Å². The normalized spacial score (nSPS) is 32.3. The van der Waals surface area contributed by atoms with E-state index in [-0.39, 0.29) is 17.0 Å². The van der Waals surface area contributed by atoms with Crippen LogP contribution in [0.15, 0.2) is 30.3 Å². The van der Waals surface area contributed by atoms with E-state index in [2.05, 4.69) is 40.5 Å². The van der Waals surface area contributed by atoms with Gasteiger partial charge in [-0.2, -0.15) is 0 Å². The quantitative estimate of drug-likeness (QED) is 0.886. The van der Waals surface area contributed by atoms with Crippen LogP contribution in [0.2, 0.25) is 0 Å². The summed E-state index contributed by atoms with van der Waals surface area (Å²) in [7, 11) is 0. The zero-order valence-electron chi connectivity index (χ0n) is 16.0.